The Morgan fingerprint density at radius 2 is 2.03 bits per heavy atom. The van der Waals surface area contributed by atoms with Gasteiger partial charge in [-0.25, -0.2) is 9.78 Å². The molecular formula is C21H23N5O5S. The molecule has 10 nitrogen and oxygen atoms in total. The minimum absolute atomic E-state index is 0.0704. The third-order valence-corrected chi connectivity index (χ3v) is 5.63. The summed E-state index contributed by atoms with van der Waals surface area (Å²) in [6, 6.07) is 9.73. The second-order valence-corrected chi connectivity index (χ2v) is 8.05. The molecule has 0 fully saturated rings. The molecule has 0 aliphatic rings. The molecule has 168 valence electrons. The number of aromatic nitrogens is 3. The zero-order valence-electron chi connectivity index (χ0n) is 17.8. The number of nitrogens with zero attached hydrogens (tertiary/aromatic N) is 5. The number of hydrogen-bond acceptors (Lipinski definition) is 8. The predicted octanol–water partition coefficient (Wildman–Crippen LogP) is 3.40. The summed E-state index contributed by atoms with van der Waals surface area (Å²) in [4.78, 5) is 42.2. The van der Waals surface area contributed by atoms with Crippen LogP contribution < -0.4 is 4.90 Å². The molecule has 0 aliphatic heterocycles. The van der Waals surface area contributed by atoms with Crippen LogP contribution in [-0.4, -0.2) is 44.7 Å². The second-order valence-electron chi connectivity index (χ2n) is 6.87. The van der Waals surface area contributed by atoms with E-state index in [1.54, 1.807) is 18.7 Å². The highest BCUT2D eigenvalue weighted by molar-refractivity contribution is 7.16. The van der Waals surface area contributed by atoms with Gasteiger partial charge in [0, 0.05) is 24.4 Å². The van der Waals surface area contributed by atoms with Gasteiger partial charge in [-0.15, -0.1) is 11.3 Å². The Hall–Kier alpha value is -3.60. The van der Waals surface area contributed by atoms with Crippen LogP contribution in [0, 0.1) is 17.0 Å². The maximum Gasteiger partial charge on any atom is 0.358 e. The van der Waals surface area contributed by atoms with E-state index in [1.165, 1.54) is 22.2 Å². The Morgan fingerprint density at radius 1 is 1.28 bits per heavy atom. The number of rotatable bonds is 10. The van der Waals surface area contributed by atoms with Crippen LogP contribution in [-0.2, 0) is 22.5 Å². The normalized spacial score (nSPS) is 10.7. The van der Waals surface area contributed by atoms with Crippen LogP contribution in [0.5, 0.6) is 0 Å². The average molecular weight is 458 g/mol. The molecule has 0 N–H and O–H groups in total. The van der Waals surface area contributed by atoms with E-state index >= 15 is 0 Å². The number of anilines is 1. The molecule has 0 bridgehead atoms. The number of ether oxygens (including phenoxy) is 1. The summed E-state index contributed by atoms with van der Waals surface area (Å²) in [5.41, 5.74) is 1.13. The number of thiazole rings is 1. The number of hydrogen-bond donors (Lipinski definition) is 0. The van der Waals surface area contributed by atoms with E-state index < -0.39 is 10.9 Å². The Kier molecular flexibility index (Phi) is 7.66. The van der Waals surface area contributed by atoms with E-state index in [2.05, 4.69) is 10.1 Å². The molecular weight excluding hydrogens is 434 g/mol. The molecule has 0 aliphatic carbocycles. The summed E-state index contributed by atoms with van der Waals surface area (Å²) >= 11 is 1.25. The van der Waals surface area contributed by atoms with Gasteiger partial charge >= 0.3 is 11.7 Å². The molecule has 0 atom stereocenters. The lowest BCUT2D eigenvalue weighted by Crippen LogP contribution is -2.33. The number of amides is 1. The van der Waals surface area contributed by atoms with Crippen LogP contribution in [0.4, 0.5) is 10.8 Å². The van der Waals surface area contributed by atoms with Crippen molar-refractivity contribution in [1.29, 1.82) is 0 Å². The van der Waals surface area contributed by atoms with Gasteiger partial charge in [-0.1, -0.05) is 30.3 Å². The summed E-state index contributed by atoms with van der Waals surface area (Å²) < 4.78 is 6.42. The quantitative estimate of drug-likeness (QED) is 0.260. The lowest BCUT2D eigenvalue weighted by atomic mass is 10.1. The highest BCUT2D eigenvalue weighted by Crippen LogP contribution is 2.27. The number of carbonyl (C=O) groups is 2. The molecule has 0 spiro atoms. The fourth-order valence-corrected chi connectivity index (χ4v) is 3.95. The minimum atomic E-state index is -0.535. The van der Waals surface area contributed by atoms with Crippen molar-refractivity contribution in [3.63, 3.8) is 0 Å². The largest absolute Gasteiger partial charge is 0.461 e. The van der Waals surface area contributed by atoms with Crippen LogP contribution in [0.25, 0.3) is 0 Å². The first-order chi connectivity index (χ1) is 15.4. The second kappa shape index (κ2) is 10.6. The van der Waals surface area contributed by atoms with E-state index in [0.717, 1.165) is 11.8 Å². The first-order valence-corrected chi connectivity index (χ1v) is 10.9. The number of aryl methyl sites for hydroxylation is 2. The van der Waals surface area contributed by atoms with Gasteiger partial charge in [0.2, 0.25) is 5.91 Å². The van der Waals surface area contributed by atoms with Crippen molar-refractivity contribution in [1.82, 2.24) is 14.8 Å². The van der Waals surface area contributed by atoms with E-state index in [4.69, 9.17) is 4.74 Å². The molecule has 0 saturated carbocycles. The first kappa shape index (κ1) is 23.1. The number of esters is 1. The van der Waals surface area contributed by atoms with Crippen molar-refractivity contribution in [2.45, 2.75) is 33.2 Å². The predicted molar refractivity (Wildman–Crippen MR) is 119 cm³/mol. The van der Waals surface area contributed by atoms with Gasteiger partial charge in [0.05, 0.1) is 11.5 Å². The van der Waals surface area contributed by atoms with Gasteiger partial charge in [-0.05, 0) is 25.8 Å². The number of carbonyl (C=O) groups excluding carboxylic acids is 2. The highest BCUT2D eigenvalue weighted by atomic mass is 32.1. The Bertz CT molecular complexity index is 1100. The van der Waals surface area contributed by atoms with Crippen LogP contribution in [0.3, 0.4) is 0 Å². The van der Waals surface area contributed by atoms with Gasteiger partial charge in [0.25, 0.3) is 0 Å². The summed E-state index contributed by atoms with van der Waals surface area (Å²) in [5, 5.41) is 15.2. The first-order valence-electron chi connectivity index (χ1n) is 10.0. The van der Waals surface area contributed by atoms with Crippen molar-refractivity contribution in [2.24, 2.45) is 0 Å². The van der Waals surface area contributed by atoms with Crippen molar-refractivity contribution in [2.75, 3.05) is 18.1 Å². The molecule has 3 aromatic rings. The molecule has 3 rings (SSSR count). The van der Waals surface area contributed by atoms with Gasteiger partial charge in [0.1, 0.15) is 12.4 Å². The van der Waals surface area contributed by atoms with Gasteiger partial charge in [0.15, 0.2) is 10.8 Å². The van der Waals surface area contributed by atoms with E-state index in [9.17, 15) is 19.7 Å². The van der Waals surface area contributed by atoms with Crippen molar-refractivity contribution < 1.29 is 19.2 Å². The molecule has 0 saturated heterocycles. The SMILES string of the molecule is CCOC(=O)c1nc(N(CCc2ccccc2)C(=O)CCn2cc([N+](=O)[O-])cn2)sc1C. The average Bonchev–Trinajstić information content (AvgIpc) is 3.40. The molecule has 0 unspecified atom stereocenters. The molecule has 2 aromatic heterocycles. The van der Waals surface area contributed by atoms with Crippen LogP contribution in [0.2, 0.25) is 0 Å². The Labute approximate surface area is 188 Å². The van der Waals surface area contributed by atoms with Gasteiger partial charge in [-0.2, -0.15) is 5.10 Å². The monoisotopic (exact) mass is 457 g/mol. The van der Waals surface area contributed by atoms with E-state index in [1.807, 2.05) is 30.3 Å². The van der Waals surface area contributed by atoms with Crippen LogP contribution in [0.1, 0.15) is 34.3 Å². The van der Waals surface area contributed by atoms with Gasteiger partial charge in [-0.3, -0.25) is 24.5 Å². The zero-order chi connectivity index (χ0) is 23.1. The zero-order valence-corrected chi connectivity index (χ0v) is 18.6. The Morgan fingerprint density at radius 3 is 2.69 bits per heavy atom. The topological polar surface area (TPSA) is 120 Å². The highest BCUT2D eigenvalue weighted by Gasteiger charge is 2.24. The smallest absolute Gasteiger partial charge is 0.358 e. The van der Waals surface area contributed by atoms with Crippen LogP contribution in [0.15, 0.2) is 42.7 Å². The standard InChI is InChI=1S/C21H23N5O5S/c1-3-31-20(28)19-15(2)32-21(23-19)25(12-9-16-7-5-4-6-8-16)18(27)10-11-24-14-17(13-22-24)26(29)30/h4-8,13-14H,3,9-12H2,1-2H3. The fourth-order valence-electron chi connectivity index (χ4n) is 3.01. The van der Waals surface area contributed by atoms with Crippen molar-refractivity contribution >= 4 is 34.0 Å². The van der Waals surface area contributed by atoms with E-state index in [0.29, 0.717) is 23.0 Å². The number of nitro groups is 1. The van der Waals surface area contributed by atoms with Crippen molar-refractivity contribution in [3.8, 4) is 0 Å². The molecule has 11 heteroatoms. The lowest BCUT2D eigenvalue weighted by Gasteiger charge is -2.20. The van der Waals surface area contributed by atoms with E-state index in [-0.39, 0.29) is 36.9 Å². The third-order valence-electron chi connectivity index (χ3n) is 4.64. The summed E-state index contributed by atoms with van der Waals surface area (Å²) in [5.74, 6) is -0.741. The molecule has 1 aromatic carbocycles. The Balaban J connectivity index is 1.78. The lowest BCUT2D eigenvalue weighted by molar-refractivity contribution is -0.385. The summed E-state index contributed by atoms with van der Waals surface area (Å²) in [7, 11) is 0. The maximum atomic E-state index is 13.1. The molecule has 1 amide bonds. The minimum Gasteiger partial charge on any atom is -0.461 e. The fraction of sp³-hybridized carbons (Fsp3) is 0.333. The molecule has 0 radical (unpaired) electrons. The maximum absolute atomic E-state index is 13.1. The third kappa shape index (κ3) is 5.76. The summed E-state index contributed by atoms with van der Waals surface area (Å²) in [6.45, 7) is 4.27. The van der Waals surface area contributed by atoms with Gasteiger partial charge < -0.3 is 4.74 Å². The molecule has 32 heavy (non-hydrogen) atoms. The number of benzene rings is 1. The summed E-state index contributed by atoms with van der Waals surface area (Å²) in [6.07, 6.45) is 3.11. The van der Waals surface area contributed by atoms with Crippen molar-refractivity contribution in [3.05, 3.63) is 69.0 Å². The molecule has 2 heterocycles. The van der Waals surface area contributed by atoms with Crippen LogP contribution >= 0.6 is 11.3 Å².